The second-order valence-electron chi connectivity index (χ2n) is 4.49. The molecule has 19 heavy (non-hydrogen) atoms. The number of aromatic carboxylic acids is 1. The third-order valence-corrected chi connectivity index (χ3v) is 3.13. The number of aryl methyl sites for hydroxylation is 2. The van der Waals surface area contributed by atoms with E-state index >= 15 is 0 Å². The molecule has 2 rings (SSSR count). The van der Waals surface area contributed by atoms with Crippen LogP contribution < -0.4 is 4.74 Å². The monoisotopic (exact) mass is 256 g/mol. The number of carboxylic acid groups (broad SMARTS) is 1. The SMILES string of the molecule is COc1c(C)cc(-c2ccccc2C(=O)O)cc1C. The minimum absolute atomic E-state index is 0.312. The zero-order valence-corrected chi connectivity index (χ0v) is 11.2. The van der Waals surface area contributed by atoms with Crippen molar-refractivity contribution >= 4 is 5.97 Å². The van der Waals surface area contributed by atoms with Crippen LogP contribution in [0.15, 0.2) is 36.4 Å². The Hall–Kier alpha value is -2.29. The van der Waals surface area contributed by atoms with E-state index in [1.807, 2.05) is 38.1 Å². The van der Waals surface area contributed by atoms with Crippen LogP contribution in [0.5, 0.6) is 5.75 Å². The van der Waals surface area contributed by atoms with Gasteiger partial charge in [0.1, 0.15) is 5.75 Å². The lowest BCUT2D eigenvalue weighted by Crippen LogP contribution is -2.00. The zero-order valence-electron chi connectivity index (χ0n) is 11.2. The smallest absolute Gasteiger partial charge is 0.336 e. The van der Waals surface area contributed by atoms with Crippen LogP contribution in [0.2, 0.25) is 0 Å². The minimum atomic E-state index is -0.915. The van der Waals surface area contributed by atoms with Crippen LogP contribution in [0.25, 0.3) is 11.1 Å². The second-order valence-corrected chi connectivity index (χ2v) is 4.49. The summed E-state index contributed by atoms with van der Waals surface area (Å²) in [6.45, 7) is 3.91. The summed E-state index contributed by atoms with van der Waals surface area (Å²) in [4.78, 5) is 11.3. The van der Waals surface area contributed by atoms with Crippen LogP contribution in [-0.2, 0) is 0 Å². The first-order valence-electron chi connectivity index (χ1n) is 6.02. The predicted octanol–water partition coefficient (Wildman–Crippen LogP) is 3.68. The van der Waals surface area contributed by atoms with Gasteiger partial charge in [0, 0.05) is 0 Å². The van der Waals surface area contributed by atoms with E-state index in [0.717, 1.165) is 28.0 Å². The Morgan fingerprint density at radius 2 is 1.68 bits per heavy atom. The molecular weight excluding hydrogens is 240 g/mol. The van der Waals surface area contributed by atoms with Gasteiger partial charge in [-0.1, -0.05) is 18.2 Å². The Balaban J connectivity index is 2.63. The predicted molar refractivity (Wildman–Crippen MR) is 74.9 cm³/mol. The van der Waals surface area contributed by atoms with Gasteiger partial charge in [0.15, 0.2) is 0 Å². The van der Waals surface area contributed by atoms with Gasteiger partial charge in [-0.3, -0.25) is 0 Å². The van der Waals surface area contributed by atoms with Crippen molar-refractivity contribution < 1.29 is 14.6 Å². The van der Waals surface area contributed by atoms with E-state index in [2.05, 4.69) is 0 Å². The van der Waals surface area contributed by atoms with Gasteiger partial charge in [0.05, 0.1) is 12.7 Å². The Bertz CT molecular complexity index is 607. The van der Waals surface area contributed by atoms with Gasteiger partial charge in [-0.25, -0.2) is 4.79 Å². The van der Waals surface area contributed by atoms with Crippen molar-refractivity contribution in [3.05, 3.63) is 53.1 Å². The second kappa shape index (κ2) is 5.14. The van der Waals surface area contributed by atoms with Gasteiger partial charge in [-0.2, -0.15) is 0 Å². The average Bonchev–Trinajstić information content (AvgIpc) is 2.38. The molecular formula is C16H16O3. The fourth-order valence-electron chi connectivity index (χ4n) is 2.35. The molecule has 0 amide bonds. The molecule has 3 nitrogen and oxygen atoms in total. The maximum atomic E-state index is 11.3. The summed E-state index contributed by atoms with van der Waals surface area (Å²) in [6, 6.07) is 10.9. The fourth-order valence-corrected chi connectivity index (χ4v) is 2.35. The van der Waals surface area contributed by atoms with Crippen LogP contribution in [0, 0.1) is 13.8 Å². The van der Waals surface area contributed by atoms with E-state index < -0.39 is 5.97 Å². The first-order valence-corrected chi connectivity index (χ1v) is 6.02. The van der Waals surface area contributed by atoms with Crippen LogP contribution in [-0.4, -0.2) is 18.2 Å². The number of hydrogen-bond donors (Lipinski definition) is 1. The van der Waals surface area contributed by atoms with E-state index in [4.69, 9.17) is 4.74 Å². The molecule has 0 unspecified atom stereocenters. The molecule has 0 saturated carbocycles. The maximum Gasteiger partial charge on any atom is 0.336 e. The van der Waals surface area contributed by atoms with Crippen molar-refractivity contribution in [1.29, 1.82) is 0 Å². The van der Waals surface area contributed by atoms with E-state index in [9.17, 15) is 9.90 Å². The lowest BCUT2D eigenvalue weighted by Gasteiger charge is -2.12. The molecule has 2 aromatic rings. The number of hydrogen-bond acceptors (Lipinski definition) is 2. The number of carboxylic acids is 1. The molecule has 0 spiro atoms. The Morgan fingerprint density at radius 1 is 1.11 bits per heavy atom. The summed E-state index contributed by atoms with van der Waals surface area (Å²) in [5.74, 6) is -0.0710. The van der Waals surface area contributed by atoms with E-state index in [-0.39, 0.29) is 0 Å². The first-order chi connectivity index (χ1) is 9.04. The highest BCUT2D eigenvalue weighted by Crippen LogP contribution is 2.31. The molecule has 0 aliphatic rings. The van der Waals surface area contributed by atoms with E-state index in [0.29, 0.717) is 5.56 Å². The topological polar surface area (TPSA) is 46.5 Å². The van der Waals surface area contributed by atoms with Gasteiger partial charge in [-0.05, 0) is 54.3 Å². The highest BCUT2D eigenvalue weighted by molar-refractivity contribution is 5.96. The highest BCUT2D eigenvalue weighted by Gasteiger charge is 2.13. The molecule has 3 heteroatoms. The number of rotatable bonds is 3. The summed E-state index contributed by atoms with van der Waals surface area (Å²) in [5.41, 5.74) is 3.93. The molecule has 1 N–H and O–H groups in total. The molecule has 0 aliphatic carbocycles. The Labute approximate surface area is 112 Å². The van der Waals surface area contributed by atoms with E-state index in [1.54, 1.807) is 19.2 Å². The van der Waals surface area contributed by atoms with Crippen LogP contribution >= 0.6 is 0 Å². The molecule has 0 saturated heterocycles. The quantitative estimate of drug-likeness (QED) is 0.911. The minimum Gasteiger partial charge on any atom is -0.496 e. The fraction of sp³-hybridized carbons (Fsp3) is 0.188. The van der Waals surface area contributed by atoms with Gasteiger partial charge in [0.2, 0.25) is 0 Å². The van der Waals surface area contributed by atoms with E-state index in [1.165, 1.54) is 0 Å². The maximum absolute atomic E-state index is 11.3. The Morgan fingerprint density at radius 3 is 2.21 bits per heavy atom. The summed E-state index contributed by atoms with van der Waals surface area (Å²) >= 11 is 0. The molecule has 98 valence electrons. The number of benzene rings is 2. The summed E-state index contributed by atoms with van der Waals surface area (Å²) in [6.07, 6.45) is 0. The molecule has 0 radical (unpaired) electrons. The van der Waals surface area contributed by atoms with Gasteiger partial charge in [-0.15, -0.1) is 0 Å². The van der Waals surface area contributed by atoms with Crippen LogP contribution in [0.4, 0.5) is 0 Å². The van der Waals surface area contributed by atoms with Crippen molar-refractivity contribution in [1.82, 2.24) is 0 Å². The number of carbonyl (C=O) groups is 1. The number of methoxy groups -OCH3 is 1. The lowest BCUT2D eigenvalue weighted by molar-refractivity contribution is 0.0697. The van der Waals surface area contributed by atoms with Gasteiger partial charge >= 0.3 is 5.97 Å². The van der Waals surface area contributed by atoms with Crippen molar-refractivity contribution in [3.8, 4) is 16.9 Å². The van der Waals surface area contributed by atoms with Gasteiger partial charge < -0.3 is 9.84 Å². The Kier molecular flexibility index (Phi) is 3.56. The summed E-state index contributed by atoms with van der Waals surface area (Å²) in [5, 5.41) is 9.24. The first kappa shape index (κ1) is 13.1. The standard InChI is InChI=1S/C16H16O3/c1-10-8-12(9-11(2)15(10)19-3)13-6-4-5-7-14(13)16(17)18/h4-9H,1-3H3,(H,17,18). The largest absolute Gasteiger partial charge is 0.496 e. The van der Waals surface area contributed by atoms with Gasteiger partial charge in [0.25, 0.3) is 0 Å². The molecule has 0 aromatic heterocycles. The van der Waals surface area contributed by atoms with Crippen LogP contribution in [0.1, 0.15) is 21.5 Å². The zero-order chi connectivity index (χ0) is 14.0. The number of ether oxygens (including phenoxy) is 1. The molecule has 2 aromatic carbocycles. The van der Waals surface area contributed by atoms with Crippen LogP contribution in [0.3, 0.4) is 0 Å². The van der Waals surface area contributed by atoms with Crippen molar-refractivity contribution in [2.45, 2.75) is 13.8 Å². The lowest BCUT2D eigenvalue weighted by atomic mass is 9.96. The third-order valence-electron chi connectivity index (χ3n) is 3.13. The third kappa shape index (κ3) is 2.45. The molecule has 0 bridgehead atoms. The van der Waals surface area contributed by atoms with Crippen molar-refractivity contribution in [3.63, 3.8) is 0 Å². The summed E-state index contributed by atoms with van der Waals surface area (Å²) < 4.78 is 5.33. The molecule has 0 aliphatic heterocycles. The van der Waals surface area contributed by atoms with Crippen molar-refractivity contribution in [2.24, 2.45) is 0 Å². The average molecular weight is 256 g/mol. The summed E-state index contributed by atoms with van der Waals surface area (Å²) in [7, 11) is 1.64. The van der Waals surface area contributed by atoms with Crippen molar-refractivity contribution in [2.75, 3.05) is 7.11 Å². The molecule has 0 fully saturated rings. The molecule has 0 heterocycles. The highest BCUT2D eigenvalue weighted by atomic mass is 16.5. The molecule has 0 atom stereocenters. The normalized spacial score (nSPS) is 10.3.